The van der Waals surface area contributed by atoms with Gasteiger partial charge in [0.2, 0.25) is 0 Å². The molecule has 0 spiro atoms. The lowest BCUT2D eigenvalue weighted by Crippen LogP contribution is -2.30. The molecule has 0 fully saturated rings. The standard InChI is InChI=1S/C15H15ClN2O5/c1-8-13(18(20)21)12(10-6-4-5-7-11(10)16)14(9(2)17-8)23-15(19)22-3/h4-7,12,17H,1-3H3. The maximum absolute atomic E-state index is 11.5. The second kappa shape index (κ2) is 6.70. The molecule has 1 atom stereocenters. The van der Waals surface area contributed by atoms with Crippen molar-refractivity contribution >= 4 is 17.8 Å². The van der Waals surface area contributed by atoms with Gasteiger partial charge in [-0.15, -0.1) is 0 Å². The molecule has 0 aromatic heterocycles. The van der Waals surface area contributed by atoms with E-state index in [1.54, 1.807) is 38.1 Å². The van der Waals surface area contributed by atoms with Crippen molar-refractivity contribution in [1.82, 2.24) is 5.32 Å². The lowest BCUT2D eigenvalue weighted by molar-refractivity contribution is -0.431. The molecule has 1 aromatic carbocycles. The molecular formula is C15H15ClN2O5. The first-order chi connectivity index (χ1) is 10.9. The molecule has 1 aliphatic rings. The summed E-state index contributed by atoms with van der Waals surface area (Å²) in [4.78, 5) is 22.5. The summed E-state index contributed by atoms with van der Waals surface area (Å²) in [7, 11) is 1.16. The van der Waals surface area contributed by atoms with E-state index in [1.165, 1.54) is 0 Å². The van der Waals surface area contributed by atoms with Gasteiger partial charge in [-0.1, -0.05) is 29.8 Å². The van der Waals surface area contributed by atoms with E-state index < -0.39 is 17.0 Å². The highest BCUT2D eigenvalue weighted by atomic mass is 35.5. The largest absolute Gasteiger partial charge is 0.513 e. The molecule has 23 heavy (non-hydrogen) atoms. The molecule has 0 bridgehead atoms. The number of nitro groups is 1. The molecular weight excluding hydrogens is 324 g/mol. The second-order valence-electron chi connectivity index (χ2n) is 4.89. The van der Waals surface area contributed by atoms with Crippen molar-refractivity contribution in [3.63, 3.8) is 0 Å². The molecule has 1 aromatic rings. The van der Waals surface area contributed by atoms with Gasteiger partial charge in [0.15, 0.2) is 0 Å². The van der Waals surface area contributed by atoms with Crippen LogP contribution >= 0.6 is 11.6 Å². The van der Waals surface area contributed by atoms with Crippen LogP contribution in [0, 0.1) is 10.1 Å². The Balaban J connectivity index is 2.64. The lowest BCUT2D eigenvalue weighted by atomic mass is 9.89. The van der Waals surface area contributed by atoms with Crippen molar-refractivity contribution in [3.8, 4) is 0 Å². The first-order valence-corrected chi connectivity index (χ1v) is 7.07. The number of halogens is 1. The Bertz CT molecular complexity index is 726. The van der Waals surface area contributed by atoms with Crippen LogP contribution in [0.3, 0.4) is 0 Å². The van der Waals surface area contributed by atoms with Crippen LogP contribution in [-0.4, -0.2) is 18.2 Å². The lowest BCUT2D eigenvalue weighted by Gasteiger charge is -2.26. The van der Waals surface area contributed by atoms with Crippen LogP contribution in [0.2, 0.25) is 5.02 Å². The number of hydrogen-bond acceptors (Lipinski definition) is 6. The number of ether oxygens (including phenoxy) is 2. The fourth-order valence-electron chi connectivity index (χ4n) is 2.47. The van der Waals surface area contributed by atoms with Crippen molar-refractivity contribution in [2.24, 2.45) is 0 Å². The third-order valence-corrected chi connectivity index (χ3v) is 3.78. The van der Waals surface area contributed by atoms with Crippen LogP contribution in [0.4, 0.5) is 4.79 Å². The van der Waals surface area contributed by atoms with Crippen LogP contribution in [0.1, 0.15) is 25.3 Å². The summed E-state index contributed by atoms with van der Waals surface area (Å²) in [5.74, 6) is -0.832. The average Bonchev–Trinajstić information content (AvgIpc) is 2.49. The van der Waals surface area contributed by atoms with E-state index in [0.717, 1.165) is 7.11 Å². The maximum atomic E-state index is 11.5. The molecule has 7 nitrogen and oxygen atoms in total. The van der Waals surface area contributed by atoms with Crippen LogP contribution in [0.5, 0.6) is 0 Å². The van der Waals surface area contributed by atoms with E-state index in [2.05, 4.69) is 10.1 Å². The van der Waals surface area contributed by atoms with Gasteiger partial charge in [0.05, 0.1) is 23.4 Å². The molecule has 122 valence electrons. The molecule has 0 amide bonds. The van der Waals surface area contributed by atoms with Gasteiger partial charge in [0, 0.05) is 5.02 Å². The molecule has 2 rings (SSSR count). The van der Waals surface area contributed by atoms with E-state index in [-0.39, 0.29) is 11.5 Å². The van der Waals surface area contributed by atoms with Crippen molar-refractivity contribution in [2.75, 3.05) is 7.11 Å². The number of carbonyl (C=O) groups excluding carboxylic acids is 1. The number of nitrogens with one attached hydrogen (secondary N) is 1. The van der Waals surface area contributed by atoms with Crippen LogP contribution in [0.15, 0.2) is 47.1 Å². The zero-order chi connectivity index (χ0) is 17.1. The Hall–Kier alpha value is -2.54. The molecule has 1 heterocycles. The SMILES string of the molecule is COC(=O)OC1=C(C)NC(C)=C([N+](=O)[O-])C1c1ccccc1Cl. The number of methoxy groups -OCH3 is 1. The fourth-order valence-corrected chi connectivity index (χ4v) is 2.72. The van der Waals surface area contributed by atoms with E-state index in [1.807, 2.05) is 0 Å². The Morgan fingerprint density at radius 2 is 1.96 bits per heavy atom. The van der Waals surface area contributed by atoms with Gasteiger partial charge in [0.1, 0.15) is 11.7 Å². The van der Waals surface area contributed by atoms with Crippen molar-refractivity contribution < 1.29 is 19.2 Å². The Kier molecular flexibility index (Phi) is 4.90. The molecule has 0 aliphatic carbocycles. The smallest absolute Gasteiger partial charge is 0.437 e. The summed E-state index contributed by atoms with van der Waals surface area (Å²) in [5, 5.41) is 14.7. The maximum Gasteiger partial charge on any atom is 0.513 e. The summed E-state index contributed by atoms with van der Waals surface area (Å²) < 4.78 is 9.66. The van der Waals surface area contributed by atoms with Crippen LogP contribution < -0.4 is 5.32 Å². The zero-order valence-electron chi connectivity index (χ0n) is 12.8. The van der Waals surface area contributed by atoms with Crippen LogP contribution in [-0.2, 0) is 9.47 Å². The molecule has 0 radical (unpaired) electrons. The number of hydrogen-bond donors (Lipinski definition) is 1. The van der Waals surface area contributed by atoms with Gasteiger partial charge in [-0.25, -0.2) is 4.79 Å². The number of dihydropyridines is 1. The minimum Gasteiger partial charge on any atom is -0.437 e. The number of benzene rings is 1. The van der Waals surface area contributed by atoms with Crippen molar-refractivity contribution in [1.29, 1.82) is 0 Å². The number of allylic oxidation sites excluding steroid dienone is 2. The Labute approximate surface area is 137 Å². The van der Waals surface area contributed by atoms with E-state index in [9.17, 15) is 14.9 Å². The molecule has 1 N–H and O–H groups in total. The number of rotatable bonds is 3. The van der Waals surface area contributed by atoms with Crippen LogP contribution in [0.25, 0.3) is 0 Å². The average molecular weight is 339 g/mol. The third kappa shape index (κ3) is 3.29. The van der Waals surface area contributed by atoms with Gasteiger partial charge < -0.3 is 14.8 Å². The minimum atomic E-state index is -0.958. The zero-order valence-corrected chi connectivity index (χ0v) is 13.5. The van der Waals surface area contributed by atoms with Gasteiger partial charge >= 0.3 is 6.16 Å². The number of carbonyl (C=O) groups is 1. The summed E-state index contributed by atoms with van der Waals surface area (Å²) in [6.45, 7) is 3.24. The second-order valence-corrected chi connectivity index (χ2v) is 5.30. The van der Waals surface area contributed by atoms with Gasteiger partial charge in [-0.3, -0.25) is 10.1 Å². The first-order valence-electron chi connectivity index (χ1n) is 6.70. The van der Waals surface area contributed by atoms with E-state index in [4.69, 9.17) is 16.3 Å². The topological polar surface area (TPSA) is 90.7 Å². The summed E-state index contributed by atoms with van der Waals surface area (Å²) in [6.07, 6.45) is -0.958. The molecule has 0 saturated carbocycles. The highest BCUT2D eigenvalue weighted by molar-refractivity contribution is 6.31. The Morgan fingerprint density at radius 3 is 2.52 bits per heavy atom. The van der Waals surface area contributed by atoms with E-state index in [0.29, 0.717) is 22.0 Å². The minimum absolute atomic E-state index is 0.0854. The predicted molar refractivity (Wildman–Crippen MR) is 83.2 cm³/mol. The molecule has 1 unspecified atom stereocenters. The van der Waals surface area contributed by atoms with Gasteiger partial charge in [-0.2, -0.15) is 0 Å². The Morgan fingerprint density at radius 1 is 1.30 bits per heavy atom. The van der Waals surface area contributed by atoms with Gasteiger partial charge in [0.25, 0.3) is 5.70 Å². The monoisotopic (exact) mass is 338 g/mol. The van der Waals surface area contributed by atoms with Gasteiger partial charge in [-0.05, 0) is 25.5 Å². The van der Waals surface area contributed by atoms with E-state index >= 15 is 0 Å². The third-order valence-electron chi connectivity index (χ3n) is 3.44. The highest BCUT2D eigenvalue weighted by Gasteiger charge is 2.40. The molecule has 0 saturated heterocycles. The first kappa shape index (κ1) is 16.8. The molecule has 1 aliphatic heterocycles. The highest BCUT2D eigenvalue weighted by Crippen LogP contribution is 2.41. The fraction of sp³-hybridized carbons (Fsp3) is 0.267. The normalized spacial score (nSPS) is 17.7. The summed E-state index contributed by atoms with van der Waals surface area (Å²) >= 11 is 6.20. The molecule has 8 heteroatoms. The summed E-state index contributed by atoms with van der Waals surface area (Å²) in [6, 6.07) is 6.70. The summed E-state index contributed by atoms with van der Waals surface area (Å²) in [5.41, 5.74) is 1.17. The number of nitrogens with zero attached hydrogens (tertiary/aromatic N) is 1. The van der Waals surface area contributed by atoms with Crippen molar-refractivity contribution in [2.45, 2.75) is 19.8 Å². The predicted octanol–water partition coefficient (Wildman–Crippen LogP) is 3.55. The quantitative estimate of drug-likeness (QED) is 0.515. The van der Waals surface area contributed by atoms with Crippen molar-refractivity contribution in [3.05, 3.63) is 67.8 Å².